The molecule has 3 nitrogen and oxygen atoms in total. The number of nitrogens with zero attached hydrogens (tertiary/aromatic N) is 2. The van der Waals surface area contributed by atoms with Gasteiger partial charge in [0, 0.05) is 19.5 Å². The molecule has 0 aromatic rings. The molecule has 0 atom stereocenters. The predicted molar refractivity (Wildman–Crippen MR) is 77.5 cm³/mol. The molecule has 0 spiro atoms. The smallest absolute Gasteiger partial charge is 0.222 e. The maximum atomic E-state index is 12.4. The fourth-order valence-corrected chi connectivity index (χ4v) is 2.89. The Morgan fingerprint density at radius 3 is 2.42 bits per heavy atom. The second kappa shape index (κ2) is 8.96. The molecular weight excluding hydrogens is 236 g/mol. The monoisotopic (exact) mass is 264 g/mol. The number of nitriles is 1. The Bertz CT molecular complexity index is 298. The third kappa shape index (κ3) is 6.61. The average Bonchev–Trinajstić information content (AvgIpc) is 2.62. The van der Waals surface area contributed by atoms with Gasteiger partial charge in [0.05, 0.1) is 12.5 Å². The van der Waals surface area contributed by atoms with Gasteiger partial charge >= 0.3 is 0 Å². The van der Waals surface area contributed by atoms with Gasteiger partial charge in [-0.25, -0.2) is 0 Å². The summed E-state index contributed by atoms with van der Waals surface area (Å²) in [6.45, 7) is 5.63. The summed E-state index contributed by atoms with van der Waals surface area (Å²) in [6.07, 6.45) is 8.77. The van der Waals surface area contributed by atoms with Crippen LogP contribution >= 0.6 is 0 Å². The van der Waals surface area contributed by atoms with E-state index in [9.17, 15) is 4.79 Å². The molecule has 0 aromatic carbocycles. The summed E-state index contributed by atoms with van der Waals surface area (Å²) in [5.41, 5.74) is 0. The zero-order valence-electron chi connectivity index (χ0n) is 12.5. The first kappa shape index (κ1) is 16.0. The summed E-state index contributed by atoms with van der Waals surface area (Å²) < 4.78 is 0. The molecule has 1 amide bonds. The molecule has 0 saturated heterocycles. The highest BCUT2D eigenvalue weighted by molar-refractivity contribution is 5.76. The van der Waals surface area contributed by atoms with Gasteiger partial charge in [0.2, 0.25) is 5.91 Å². The number of amides is 1. The minimum Gasteiger partial charge on any atom is -0.341 e. The van der Waals surface area contributed by atoms with Gasteiger partial charge < -0.3 is 4.90 Å². The maximum Gasteiger partial charge on any atom is 0.222 e. The topological polar surface area (TPSA) is 44.1 Å². The van der Waals surface area contributed by atoms with Crippen LogP contribution in [-0.2, 0) is 4.79 Å². The standard InChI is InChI=1S/C16H28N2O/c1-14(2)13-18(11-7-10-17)16(19)12-15-8-5-3-4-6-9-15/h14-15H,3-9,11-13H2,1-2H3. The van der Waals surface area contributed by atoms with Crippen molar-refractivity contribution in [3.05, 3.63) is 0 Å². The van der Waals surface area contributed by atoms with Crippen molar-refractivity contribution in [3.8, 4) is 6.07 Å². The van der Waals surface area contributed by atoms with E-state index < -0.39 is 0 Å². The van der Waals surface area contributed by atoms with Gasteiger partial charge in [0.25, 0.3) is 0 Å². The molecule has 0 unspecified atom stereocenters. The van der Waals surface area contributed by atoms with Crippen molar-refractivity contribution in [2.24, 2.45) is 11.8 Å². The minimum atomic E-state index is 0.260. The largest absolute Gasteiger partial charge is 0.341 e. The quantitative estimate of drug-likeness (QED) is 0.686. The first-order valence-corrected chi connectivity index (χ1v) is 7.78. The van der Waals surface area contributed by atoms with Crippen LogP contribution < -0.4 is 0 Å². The Morgan fingerprint density at radius 1 is 1.26 bits per heavy atom. The third-order valence-corrected chi connectivity index (χ3v) is 3.87. The van der Waals surface area contributed by atoms with Gasteiger partial charge in [0.1, 0.15) is 0 Å². The van der Waals surface area contributed by atoms with E-state index in [-0.39, 0.29) is 5.91 Å². The van der Waals surface area contributed by atoms with Crippen LogP contribution in [0, 0.1) is 23.2 Å². The van der Waals surface area contributed by atoms with Crippen molar-refractivity contribution in [1.29, 1.82) is 5.26 Å². The Labute approximate surface area is 118 Å². The van der Waals surface area contributed by atoms with Crippen molar-refractivity contribution < 1.29 is 4.79 Å². The zero-order chi connectivity index (χ0) is 14.1. The summed E-state index contributed by atoms with van der Waals surface area (Å²) >= 11 is 0. The van der Waals surface area contributed by atoms with E-state index in [2.05, 4.69) is 19.9 Å². The van der Waals surface area contributed by atoms with Crippen molar-refractivity contribution in [3.63, 3.8) is 0 Å². The molecule has 0 heterocycles. The highest BCUT2D eigenvalue weighted by atomic mass is 16.2. The lowest BCUT2D eigenvalue weighted by atomic mass is 9.96. The highest BCUT2D eigenvalue weighted by Crippen LogP contribution is 2.26. The fourth-order valence-electron chi connectivity index (χ4n) is 2.89. The lowest BCUT2D eigenvalue weighted by molar-refractivity contribution is -0.132. The molecule has 1 aliphatic rings. The van der Waals surface area contributed by atoms with Crippen molar-refractivity contribution in [2.45, 2.75) is 65.2 Å². The summed E-state index contributed by atoms with van der Waals surface area (Å²) in [6, 6.07) is 2.15. The van der Waals surface area contributed by atoms with E-state index in [1.54, 1.807) is 0 Å². The summed E-state index contributed by atoms with van der Waals surface area (Å²) in [5.74, 6) is 1.30. The number of rotatable bonds is 6. The van der Waals surface area contributed by atoms with Gasteiger partial charge in [-0.15, -0.1) is 0 Å². The molecule has 3 heteroatoms. The lowest BCUT2D eigenvalue weighted by Gasteiger charge is -2.25. The summed E-state index contributed by atoms with van der Waals surface area (Å²) in [5, 5.41) is 8.70. The van der Waals surface area contributed by atoms with Crippen LogP contribution in [0.15, 0.2) is 0 Å². The van der Waals surface area contributed by atoms with Crippen molar-refractivity contribution in [1.82, 2.24) is 4.90 Å². The van der Waals surface area contributed by atoms with E-state index in [1.807, 2.05) is 4.90 Å². The molecule has 0 radical (unpaired) electrons. The number of hydrogen-bond acceptors (Lipinski definition) is 2. The Hall–Kier alpha value is -1.04. The van der Waals surface area contributed by atoms with E-state index in [4.69, 9.17) is 5.26 Å². The highest BCUT2D eigenvalue weighted by Gasteiger charge is 2.20. The maximum absolute atomic E-state index is 12.4. The fraction of sp³-hybridized carbons (Fsp3) is 0.875. The molecule has 0 N–H and O–H groups in total. The van der Waals surface area contributed by atoms with Crippen molar-refractivity contribution >= 4 is 5.91 Å². The lowest BCUT2D eigenvalue weighted by Crippen LogP contribution is -2.36. The molecule has 19 heavy (non-hydrogen) atoms. The molecule has 1 rings (SSSR count). The van der Waals surface area contributed by atoms with Gasteiger partial charge in [-0.3, -0.25) is 4.79 Å². The molecule has 0 aliphatic heterocycles. The van der Waals surface area contributed by atoms with E-state index in [1.165, 1.54) is 38.5 Å². The number of carbonyl (C=O) groups excluding carboxylic acids is 1. The van der Waals surface area contributed by atoms with Crippen LogP contribution in [0.1, 0.15) is 65.2 Å². The Balaban J connectivity index is 2.47. The van der Waals surface area contributed by atoms with Gasteiger partial charge in [-0.2, -0.15) is 5.26 Å². The second-order valence-corrected chi connectivity index (χ2v) is 6.20. The average molecular weight is 264 g/mol. The molecule has 108 valence electrons. The summed E-state index contributed by atoms with van der Waals surface area (Å²) in [7, 11) is 0. The minimum absolute atomic E-state index is 0.260. The normalized spacial score (nSPS) is 16.9. The zero-order valence-corrected chi connectivity index (χ0v) is 12.5. The first-order valence-electron chi connectivity index (χ1n) is 7.78. The SMILES string of the molecule is CC(C)CN(CCC#N)C(=O)CC1CCCCCC1. The summed E-state index contributed by atoms with van der Waals surface area (Å²) in [4.78, 5) is 14.3. The van der Waals surface area contributed by atoms with Gasteiger partial charge in [0.15, 0.2) is 0 Å². The van der Waals surface area contributed by atoms with Crippen LogP contribution in [0.25, 0.3) is 0 Å². The van der Waals surface area contributed by atoms with Crippen molar-refractivity contribution in [2.75, 3.05) is 13.1 Å². The number of carbonyl (C=O) groups is 1. The molecular formula is C16H28N2O. The third-order valence-electron chi connectivity index (χ3n) is 3.87. The Morgan fingerprint density at radius 2 is 1.89 bits per heavy atom. The van der Waals surface area contributed by atoms with Gasteiger partial charge in [-0.1, -0.05) is 39.5 Å². The van der Waals surface area contributed by atoms with E-state index in [0.29, 0.717) is 31.2 Å². The first-order chi connectivity index (χ1) is 9.13. The molecule has 1 aliphatic carbocycles. The second-order valence-electron chi connectivity index (χ2n) is 6.20. The van der Waals surface area contributed by atoms with Crippen LogP contribution in [0.5, 0.6) is 0 Å². The number of hydrogen-bond donors (Lipinski definition) is 0. The van der Waals surface area contributed by atoms with Crippen LogP contribution in [0.3, 0.4) is 0 Å². The molecule has 0 bridgehead atoms. The molecule has 1 fully saturated rings. The van der Waals surface area contributed by atoms with Crippen LogP contribution in [0.4, 0.5) is 0 Å². The molecule has 0 aromatic heterocycles. The molecule has 1 saturated carbocycles. The predicted octanol–water partition coefficient (Wildman–Crippen LogP) is 3.75. The van der Waals surface area contributed by atoms with E-state index in [0.717, 1.165) is 6.54 Å². The van der Waals surface area contributed by atoms with E-state index >= 15 is 0 Å². The Kier molecular flexibility index (Phi) is 7.55. The van der Waals surface area contributed by atoms with Crippen LogP contribution in [-0.4, -0.2) is 23.9 Å². The van der Waals surface area contributed by atoms with Gasteiger partial charge in [-0.05, 0) is 24.7 Å². The van der Waals surface area contributed by atoms with Crippen LogP contribution in [0.2, 0.25) is 0 Å².